The maximum atomic E-state index is 12.5. The molecule has 0 saturated carbocycles. The topological polar surface area (TPSA) is 79.3 Å². The van der Waals surface area contributed by atoms with E-state index in [4.69, 9.17) is 0 Å². The molecule has 0 fully saturated rings. The first-order chi connectivity index (χ1) is 11.4. The Morgan fingerprint density at radius 1 is 1.21 bits per heavy atom. The van der Waals surface area contributed by atoms with Crippen molar-refractivity contribution >= 4 is 17.3 Å². The van der Waals surface area contributed by atoms with Crippen LogP contribution in [0.1, 0.15) is 50.3 Å². The molecule has 24 heavy (non-hydrogen) atoms. The average molecular weight is 324 g/mol. The van der Waals surface area contributed by atoms with Crippen molar-refractivity contribution < 1.29 is 9.59 Å². The van der Waals surface area contributed by atoms with Crippen LogP contribution in [0, 0.1) is 20.8 Å². The van der Waals surface area contributed by atoms with Gasteiger partial charge in [0.1, 0.15) is 5.65 Å². The van der Waals surface area contributed by atoms with Crippen molar-refractivity contribution in [2.45, 2.75) is 34.2 Å². The predicted octanol–water partition coefficient (Wildman–Crippen LogP) is 2.72. The van der Waals surface area contributed by atoms with E-state index in [1.807, 2.05) is 35.9 Å². The number of ketones is 1. The molecule has 0 aromatic carbocycles. The van der Waals surface area contributed by atoms with Crippen LogP contribution in [0.15, 0.2) is 24.5 Å². The van der Waals surface area contributed by atoms with E-state index in [2.05, 4.69) is 15.3 Å². The first kappa shape index (κ1) is 16.0. The third-order valence-electron chi connectivity index (χ3n) is 4.10. The maximum absolute atomic E-state index is 12.5. The number of imidazole rings is 1. The number of fused-ring (bicyclic) bond motifs is 1. The fourth-order valence-electron chi connectivity index (χ4n) is 2.94. The molecule has 0 atom stereocenters. The number of H-pyrrole nitrogens is 1. The Kier molecular flexibility index (Phi) is 3.97. The van der Waals surface area contributed by atoms with Gasteiger partial charge in [0, 0.05) is 25.0 Å². The highest BCUT2D eigenvalue weighted by atomic mass is 16.1. The summed E-state index contributed by atoms with van der Waals surface area (Å²) in [5.41, 5.74) is 5.17. The summed E-state index contributed by atoms with van der Waals surface area (Å²) < 4.78 is 1.94. The van der Waals surface area contributed by atoms with Crippen LogP contribution in [-0.4, -0.2) is 26.1 Å². The van der Waals surface area contributed by atoms with Gasteiger partial charge in [-0.25, -0.2) is 4.98 Å². The van der Waals surface area contributed by atoms with Crippen LogP contribution in [0.25, 0.3) is 5.65 Å². The highest BCUT2D eigenvalue weighted by Crippen LogP contribution is 2.18. The summed E-state index contributed by atoms with van der Waals surface area (Å²) in [4.78, 5) is 31.5. The second kappa shape index (κ2) is 5.96. The fourth-order valence-corrected chi connectivity index (χ4v) is 2.94. The smallest absolute Gasteiger partial charge is 0.253 e. The zero-order chi connectivity index (χ0) is 17.4. The minimum atomic E-state index is -0.206. The van der Waals surface area contributed by atoms with Gasteiger partial charge >= 0.3 is 0 Å². The van der Waals surface area contributed by atoms with Gasteiger partial charge in [-0.15, -0.1) is 0 Å². The molecule has 3 rings (SSSR count). The lowest BCUT2D eigenvalue weighted by Crippen LogP contribution is -2.24. The van der Waals surface area contributed by atoms with Gasteiger partial charge in [0.15, 0.2) is 5.78 Å². The van der Waals surface area contributed by atoms with E-state index < -0.39 is 0 Å². The van der Waals surface area contributed by atoms with E-state index >= 15 is 0 Å². The van der Waals surface area contributed by atoms with Crippen LogP contribution in [0.2, 0.25) is 0 Å². The molecule has 6 heteroatoms. The highest BCUT2D eigenvalue weighted by molar-refractivity contribution is 6.02. The standard InChI is InChI=1S/C18H20N4O2/c1-10-5-6-15-21-14(9-22(15)8-10)7-19-18(24)16-11(2)17(13(4)23)20-12(16)3/h5-6,8-9,20H,7H2,1-4H3,(H,19,24). The Labute approximate surface area is 139 Å². The summed E-state index contributed by atoms with van der Waals surface area (Å²) in [5, 5.41) is 2.88. The van der Waals surface area contributed by atoms with Gasteiger partial charge in [-0.05, 0) is 38.0 Å². The summed E-state index contributed by atoms with van der Waals surface area (Å²) in [7, 11) is 0. The Hall–Kier alpha value is -2.89. The third-order valence-corrected chi connectivity index (χ3v) is 4.10. The number of hydrogen-bond donors (Lipinski definition) is 2. The molecule has 3 aromatic heterocycles. The number of aromatic amines is 1. The number of aromatic nitrogens is 3. The molecule has 2 N–H and O–H groups in total. The lowest BCUT2D eigenvalue weighted by Gasteiger charge is -2.04. The zero-order valence-corrected chi connectivity index (χ0v) is 14.2. The van der Waals surface area contributed by atoms with Crippen molar-refractivity contribution in [1.29, 1.82) is 0 Å². The van der Waals surface area contributed by atoms with Crippen molar-refractivity contribution in [3.8, 4) is 0 Å². The van der Waals surface area contributed by atoms with Crippen molar-refractivity contribution in [3.63, 3.8) is 0 Å². The van der Waals surface area contributed by atoms with Crippen LogP contribution in [0.5, 0.6) is 0 Å². The highest BCUT2D eigenvalue weighted by Gasteiger charge is 2.20. The largest absolute Gasteiger partial charge is 0.355 e. The molecule has 0 aliphatic heterocycles. The number of hydrogen-bond acceptors (Lipinski definition) is 3. The maximum Gasteiger partial charge on any atom is 0.253 e. The Morgan fingerprint density at radius 3 is 2.62 bits per heavy atom. The molecule has 1 amide bonds. The first-order valence-corrected chi connectivity index (χ1v) is 7.79. The van der Waals surface area contributed by atoms with Crippen LogP contribution >= 0.6 is 0 Å². The zero-order valence-electron chi connectivity index (χ0n) is 14.2. The van der Waals surface area contributed by atoms with Crippen molar-refractivity contribution in [2.24, 2.45) is 0 Å². The third kappa shape index (κ3) is 2.82. The van der Waals surface area contributed by atoms with Gasteiger partial charge in [-0.2, -0.15) is 0 Å². The summed E-state index contributed by atoms with van der Waals surface area (Å²) in [5.74, 6) is -0.285. The van der Waals surface area contributed by atoms with Crippen molar-refractivity contribution in [1.82, 2.24) is 19.7 Å². The van der Waals surface area contributed by atoms with Gasteiger partial charge in [0.2, 0.25) is 0 Å². The first-order valence-electron chi connectivity index (χ1n) is 7.79. The van der Waals surface area contributed by atoms with E-state index in [1.165, 1.54) is 6.92 Å². The normalized spacial score (nSPS) is 11.0. The summed E-state index contributed by atoms with van der Waals surface area (Å²) in [6.45, 7) is 7.41. The summed E-state index contributed by atoms with van der Waals surface area (Å²) >= 11 is 0. The monoisotopic (exact) mass is 324 g/mol. The minimum absolute atomic E-state index is 0.0784. The Bertz CT molecular complexity index is 949. The van der Waals surface area contributed by atoms with Crippen LogP contribution in [-0.2, 0) is 6.54 Å². The number of amides is 1. The number of carbonyl (C=O) groups is 2. The predicted molar refractivity (Wildman–Crippen MR) is 91.4 cm³/mol. The van der Waals surface area contributed by atoms with E-state index in [9.17, 15) is 9.59 Å². The number of rotatable bonds is 4. The molecule has 0 aliphatic carbocycles. The van der Waals surface area contributed by atoms with Gasteiger partial charge in [0.25, 0.3) is 5.91 Å². The number of pyridine rings is 1. The van der Waals surface area contributed by atoms with Gasteiger partial charge < -0.3 is 14.7 Å². The molecule has 0 bridgehead atoms. The lowest BCUT2D eigenvalue weighted by molar-refractivity contribution is 0.0949. The molecule has 0 unspecified atom stereocenters. The van der Waals surface area contributed by atoms with Gasteiger partial charge in [-0.1, -0.05) is 6.07 Å². The molecular formula is C18H20N4O2. The summed E-state index contributed by atoms with van der Waals surface area (Å²) in [6, 6.07) is 3.95. The van der Waals surface area contributed by atoms with Crippen molar-refractivity contribution in [3.05, 3.63) is 58.3 Å². The fraction of sp³-hybridized carbons (Fsp3) is 0.278. The number of aryl methyl sites for hydroxylation is 2. The Balaban J connectivity index is 1.78. The van der Waals surface area contributed by atoms with E-state index in [-0.39, 0.29) is 11.7 Å². The second-order valence-corrected chi connectivity index (χ2v) is 6.07. The molecule has 6 nitrogen and oxygen atoms in total. The second-order valence-electron chi connectivity index (χ2n) is 6.07. The lowest BCUT2D eigenvalue weighted by atomic mass is 10.1. The van der Waals surface area contributed by atoms with E-state index in [0.29, 0.717) is 29.1 Å². The number of carbonyl (C=O) groups excluding carboxylic acids is 2. The molecule has 0 saturated heterocycles. The molecule has 0 spiro atoms. The van der Waals surface area contributed by atoms with E-state index in [1.54, 1.807) is 13.8 Å². The van der Waals surface area contributed by atoms with Crippen LogP contribution < -0.4 is 5.32 Å². The molecule has 124 valence electrons. The number of nitrogens with one attached hydrogen (secondary N) is 2. The Morgan fingerprint density at radius 2 is 1.96 bits per heavy atom. The van der Waals surface area contributed by atoms with Crippen LogP contribution in [0.4, 0.5) is 0 Å². The molecule has 3 heterocycles. The molecule has 0 radical (unpaired) electrons. The number of nitrogens with zero attached hydrogens (tertiary/aromatic N) is 2. The van der Waals surface area contributed by atoms with E-state index in [0.717, 1.165) is 16.9 Å². The quantitative estimate of drug-likeness (QED) is 0.724. The average Bonchev–Trinajstić information content (AvgIpc) is 3.05. The number of Topliss-reactive ketones (excluding diaryl/α,β-unsaturated/α-hetero) is 1. The SMILES string of the molecule is CC(=O)c1[nH]c(C)c(C(=O)NCc2cn3cc(C)ccc3n2)c1C. The minimum Gasteiger partial charge on any atom is -0.355 e. The van der Waals surface area contributed by atoms with Crippen molar-refractivity contribution in [2.75, 3.05) is 0 Å². The van der Waals surface area contributed by atoms with Gasteiger partial charge in [-0.3, -0.25) is 9.59 Å². The summed E-state index contributed by atoms with van der Waals surface area (Å²) in [6.07, 6.45) is 3.90. The van der Waals surface area contributed by atoms with Crippen LogP contribution in [0.3, 0.4) is 0 Å². The molecular weight excluding hydrogens is 304 g/mol. The van der Waals surface area contributed by atoms with Gasteiger partial charge in [0.05, 0.1) is 23.5 Å². The molecule has 3 aromatic rings. The molecule has 0 aliphatic rings.